The third-order valence-electron chi connectivity index (χ3n) is 3.97. The largest absolute Gasteiger partial charge is 0.326 e. The van der Waals surface area contributed by atoms with Gasteiger partial charge in [-0.15, -0.1) is 0 Å². The highest BCUT2D eigenvalue weighted by Crippen LogP contribution is 2.26. The zero-order chi connectivity index (χ0) is 17.9. The summed E-state index contributed by atoms with van der Waals surface area (Å²) >= 11 is 0. The zero-order valence-electron chi connectivity index (χ0n) is 13.6. The number of anilines is 1. The Kier molecular flexibility index (Phi) is 4.42. The highest BCUT2D eigenvalue weighted by molar-refractivity contribution is 6.07. The molecular formula is C17H17N5O3. The van der Waals surface area contributed by atoms with Crippen LogP contribution in [0.4, 0.5) is 10.5 Å². The molecule has 1 aliphatic heterocycles. The van der Waals surface area contributed by atoms with Crippen LogP contribution in [0.25, 0.3) is 0 Å². The number of benzene rings is 1. The average Bonchev–Trinajstić information content (AvgIpc) is 2.85. The van der Waals surface area contributed by atoms with Crippen LogP contribution in [0.15, 0.2) is 48.9 Å². The molecule has 1 atom stereocenters. The summed E-state index contributed by atoms with van der Waals surface area (Å²) in [7, 11) is 0. The van der Waals surface area contributed by atoms with Crippen LogP contribution in [-0.2, 0) is 15.1 Å². The monoisotopic (exact) mass is 339 g/mol. The lowest BCUT2D eigenvalue weighted by molar-refractivity contribution is -0.131. The number of nitrogens with one attached hydrogen (secondary N) is 2. The van der Waals surface area contributed by atoms with Gasteiger partial charge in [0.2, 0.25) is 5.91 Å². The Morgan fingerprint density at radius 1 is 1.24 bits per heavy atom. The van der Waals surface area contributed by atoms with E-state index in [1.165, 1.54) is 18.6 Å². The summed E-state index contributed by atoms with van der Waals surface area (Å²) in [5, 5.41) is 5.34. The standard InChI is InChI=1S/C17H17N5O3/c1-17(13-11-18-8-9-19-13)15(24)22(16(25)21-17)10-7-14(23)20-12-5-3-2-4-6-12/h2-6,8-9,11H,7,10H2,1H3,(H,20,23)(H,21,25)/t17-/m1/s1. The second-order valence-corrected chi connectivity index (χ2v) is 5.77. The maximum Gasteiger partial charge on any atom is 0.325 e. The maximum atomic E-state index is 12.7. The highest BCUT2D eigenvalue weighted by Gasteiger charge is 2.50. The number of rotatable bonds is 5. The van der Waals surface area contributed by atoms with E-state index in [4.69, 9.17) is 0 Å². The average molecular weight is 339 g/mol. The fraction of sp³-hybridized carbons (Fsp3) is 0.235. The molecule has 8 nitrogen and oxygen atoms in total. The molecule has 1 saturated heterocycles. The first-order valence-electron chi connectivity index (χ1n) is 7.76. The summed E-state index contributed by atoms with van der Waals surface area (Å²) in [5.41, 5.74) is -0.264. The van der Waals surface area contributed by atoms with Crippen LogP contribution in [0.3, 0.4) is 0 Å². The highest BCUT2D eigenvalue weighted by atomic mass is 16.2. The minimum Gasteiger partial charge on any atom is -0.326 e. The van der Waals surface area contributed by atoms with Gasteiger partial charge in [-0.05, 0) is 19.1 Å². The number of amides is 4. The van der Waals surface area contributed by atoms with Gasteiger partial charge in [0.05, 0.1) is 11.9 Å². The Bertz CT molecular complexity index is 796. The van der Waals surface area contributed by atoms with E-state index in [1.807, 2.05) is 6.07 Å². The van der Waals surface area contributed by atoms with Crippen LogP contribution in [0.1, 0.15) is 19.0 Å². The van der Waals surface area contributed by atoms with Gasteiger partial charge in [0, 0.05) is 31.0 Å². The summed E-state index contributed by atoms with van der Waals surface area (Å²) in [4.78, 5) is 45.9. The van der Waals surface area contributed by atoms with Crippen molar-refractivity contribution in [2.24, 2.45) is 0 Å². The SMILES string of the molecule is C[C@]1(c2cnccn2)NC(=O)N(CCC(=O)Nc2ccccc2)C1=O. The Labute approximate surface area is 144 Å². The molecule has 1 fully saturated rings. The van der Waals surface area contributed by atoms with Gasteiger partial charge in [-0.1, -0.05) is 18.2 Å². The second-order valence-electron chi connectivity index (χ2n) is 5.77. The molecular weight excluding hydrogens is 322 g/mol. The normalized spacial score (nSPS) is 19.6. The first-order chi connectivity index (χ1) is 12.0. The van der Waals surface area contributed by atoms with Crippen molar-refractivity contribution in [3.8, 4) is 0 Å². The molecule has 2 heterocycles. The molecule has 0 aliphatic carbocycles. The van der Waals surface area contributed by atoms with E-state index in [1.54, 1.807) is 31.2 Å². The van der Waals surface area contributed by atoms with Crippen LogP contribution < -0.4 is 10.6 Å². The summed E-state index contributed by atoms with van der Waals surface area (Å²) in [6.45, 7) is 1.56. The number of nitrogens with zero attached hydrogens (tertiary/aromatic N) is 3. The van der Waals surface area contributed by atoms with Gasteiger partial charge in [0.25, 0.3) is 5.91 Å². The summed E-state index contributed by atoms with van der Waals surface area (Å²) < 4.78 is 0. The van der Waals surface area contributed by atoms with E-state index in [2.05, 4.69) is 20.6 Å². The van der Waals surface area contributed by atoms with Crippen LogP contribution >= 0.6 is 0 Å². The molecule has 0 radical (unpaired) electrons. The van der Waals surface area contributed by atoms with Crippen molar-refractivity contribution in [3.05, 3.63) is 54.6 Å². The molecule has 0 unspecified atom stereocenters. The number of carbonyl (C=O) groups is 3. The quantitative estimate of drug-likeness (QED) is 0.798. The predicted octanol–water partition coefficient (Wildman–Crippen LogP) is 1.27. The Morgan fingerprint density at radius 2 is 2.00 bits per heavy atom. The van der Waals surface area contributed by atoms with E-state index in [0.717, 1.165) is 4.90 Å². The van der Waals surface area contributed by atoms with E-state index < -0.39 is 17.5 Å². The molecule has 1 aromatic heterocycles. The van der Waals surface area contributed by atoms with Crippen LogP contribution in [0, 0.1) is 0 Å². The van der Waals surface area contributed by atoms with Crippen LogP contribution in [0.5, 0.6) is 0 Å². The van der Waals surface area contributed by atoms with Crippen molar-refractivity contribution in [3.63, 3.8) is 0 Å². The third kappa shape index (κ3) is 3.32. The molecule has 0 spiro atoms. The van der Waals surface area contributed by atoms with Gasteiger partial charge in [-0.25, -0.2) is 4.79 Å². The molecule has 8 heteroatoms. The molecule has 0 saturated carbocycles. The maximum absolute atomic E-state index is 12.7. The van der Waals surface area contributed by atoms with Crippen molar-refractivity contribution in [2.45, 2.75) is 18.9 Å². The lowest BCUT2D eigenvalue weighted by atomic mass is 9.98. The number of hydrogen-bond donors (Lipinski definition) is 2. The second kappa shape index (κ2) is 6.68. The molecule has 25 heavy (non-hydrogen) atoms. The minimum atomic E-state index is -1.28. The third-order valence-corrected chi connectivity index (χ3v) is 3.97. The van der Waals surface area contributed by atoms with Gasteiger partial charge in [0.15, 0.2) is 5.54 Å². The first-order valence-corrected chi connectivity index (χ1v) is 7.76. The van der Waals surface area contributed by atoms with Crippen molar-refractivity contribution >= 4 is 23.5 Å². The lowest BCUT2D eigenvalue weighted by Gasteiger charge is -2.20. The van der Waals surface area contributed by atoms with E-state index in [0.29, 0.717) is 11.4 Å². The number of para-hydroxylation sites is 1. The lowest BCUT2D eigenvalue weighted by Crippen LogP contribution is -2.42. The smallest absolute Gasteiger partial charge is 0.325 e. The zero-order valence-corrected chi connectivity index (χ0v) is 13.6. The fourth-order valence-electron chi connectivity index (χ4n) is 2.59. The first kappa shape index (κ1) is 16.6. The molecule has 1 aliphatic rings. The van der Waals surface area contributed by atoms with E-state index in [9.17, 15) is 14.4 Å². The van der Waals surface area contributed by atoms with Crippen molar-refractivity contribution in [2.75, 3.05) is 11.9 Å². The Morgan fingerprint density at radius 3 is 2.68 bits per heavy atom. The van der Waals surface area contributed by atoms with Crippen molar-refractivity contribution in [1.29, 1.82) is 0 Å². The van der Waals surface area contributed by atoms with E-state index >= 15 is 0 Å². The molecule has 2 aromatic rings. The van der Waals surface area contributed by atoms with Gasteiger partial charge >= 0.3 is 6.03 Å². The topological polar surface area (TPSA) is 104 Å². The van der Waals surface area contributed by atoms with Crippen molar-refractivity contribution in [1.82, 2.24) is 20.2 Å². The predicted molar refractivity (Wildman–Crippen MR) is 89.3 cm³/mol. The van der Waals surface area contributed by atoms with Gasteiger partial charge in [-0.2, -0.15) is 0 Å². The Balaban J connectivity index is 1.64. The fourth-order valence-corrected chi connectivity index (χ4v) is 2.59. The van der Waals surface area contributed by atoms with Crippen LogP contribution in [-0.4, -0.2) is 39.3 Å². The van der Waals surface area contributed by atoms with Gasteiger partial charge in [0.1, 0.15) is 0 Å². The van der Waals surface area contributed by atoms with E-state index in [-0.39, 0.29) is 18.9 Å². The minimum absolute atomic E-state index is 0.00457. The number of hydrogen-bond acceptors (Lipinski definition) is 5. The summed E-state index contributed by atoms with van der Waals surface area (Å²) in [6.07, 6.45) is 4.38. The number of aromatic nitrogens is 2. The van der Waals surface area contributed by atoms with Gasteiger partial charge < -0.3 is 10.6 Å². The van der Waals surface area contributed by atoms with Crippen molar-refractivity contribution < 1.29 is 14.4 Å². The Hall–Kier alpha value is -3.29. The number of imide groups is 1. The molecule has 128 valence electrons. The number of carbonyl (C=O) groups excluding carboxylic acids is 3. The molecule has 2 N–H and O–H groups in total. The summed E-state index contributed by atoms with van der Waals surface area (Å²) in [5.74, 6) is -0.731. The molecule has 4 amide bonds. The summed E-state index contributed by atoms with van der Waals surface area (Å²) in [6, 6.07) is 8.42. The molecule has 3 rings (SSSR count). The molecule has 1 aromatic carbocycles. The van der Waals surface area contributed by atoms with Crippen LogP contribution in [0.2, 0.25) is 0 Å². The number of urea groups is 1. The van der Waals surface area contributed by atoms with Gasteiger partial charge in [-0.3, -0.25) is 24.5 Å². The molecule has 0 bridgehead atoms.